The quantitative estimate of drug-likeness (QED) is 0.326. The summed E-state index contributed by atoms with van der Waals surface area (Å²) in [5.41, 5.74) is 1.22. The Morgan fingerprint density at radius 3 is 2.43 bits per heavy atom. The molecule has 0 spiro atoms. The van der Waals surface area contributed by atoms with Crippen LogP contribution in [0.15, 0.2) is 22.7 Å². The van der Waals surface area contributed by atoms with Crippen molar-refractivity contribution in [2.24, 2.45) is 0 Å². The van der Waals surface area contributed by atoms with Gasteiger partial charge in [-0.2, -0.15) is 15.0 Å². The van der Waals surface area contributed by atoms with Crippen LogP contribution in [0, 0.1) is 0 Å². The fourth-order valence-electron chi connectivity index (χ4n) is 5.14. The van der Waals surface area contributed by atoms with E-state index in [2.05, 4.69) is 55.8 Å². The third kappa shape index (κ3) is 7.67. The molecule has 35 heavy (non-hydrogen) atoms. The van der Waals surface area contributed by atoms with Gasteiger partial charge in [0.05, 0.1) is 11.6 Å². The second-order valence-electron chi connectivity index (χ2n) is 9.59. The highest BCUT2D eigenvalue weighted by Crippen LogP contribution is 2.26. The zero-order chi connectivity index (χ0) is 24.5. The van der Waals surface area contributed by atoms with Crippen LogP contribution in [-0.4, -0.2) is 65.2 Å². The summed E-state index contributed by atoms with van der Waals surface area (Å²) in [4.78, 5) is 16.7. The number of halogens is 1. The number of methoxy groups -OCH3 is 1. The van der Waals surface area contributed by atoms with Gasteiger partial charge in [-0.15, -0.1) is 0 Å². The van der Waals surface area contributed by atoms with Gasteiger partial charge in [-0.1, -0.05) is 38.7 Å². The van der Waals surface area contributed by atoms with E-state index >= 15 is 0 Å². The summed E-state index contributed by atoms with van der Waals surface area (Å²) in [6, 6.07) is 7.15. The standard InChI is InChI=1S/C26H40BrN7O/c1-3-34-16-8-11-21(34)18-29-25-31-24(28-15-14-19-12-13-23(35-2)22(27)17-19)32-26(33-25)30-20-9-6-4-5-7-10-20/h12-13,17,20-21H,3-11,14-16,18H2,1-2H3,(H3,28,29,30,31,32,33). The number of nitrogens with zero attached hydrogens (tertiary/aromatic N) is 4. The van der Waals surface area contributed by atoms with Gasteiger partial charge in [-0.05, 0) is 78.8 Å². The van der Waals surface area contributed by atoms with Crippen molar-refractivity contribution in [3.8, 4) is 5.75 Å². The Morgan fingerprint density at radius 1 is 0.971 bits per heavy atom. The van der Waals surface area contributed by atoms with Crippen molar-refractivity contribution in [1.82, 2.24) is 19.9 Å². The van der Waals surface area contributed by atoms with Crippen molar-refractivity contribution < 1.29 is 4.74 Å². The van der Waals surface area contributed by atoms with Crippen LogP contribution < -0.4 is 20.7 Å². The molecular weight excluding hydrogens is 506 g/mol. The normalized spacial score (nSPS) is 19.3. The molecule has 0 bridgehead atoms. The zero-order valence-corrected chi connectivity index (χ0v) is 22.7. The van der Waals surface area contributed by atoms with E-state index in [4.69, 9.17) is 19.7 Å². The number of anilines is 3. The molecule has 1 aromatic heterocycles. The first-order valence-electron chi connectivity index (χ1n) is 13.2. The fourth-order valence-corrected chi connectivity index (χ4v) is 5.73. The third-order valence-electron chi connectivity index (χ3n) is 7.14. The molecule has 1 saturated heterocycles. The van der Waals surface area contributed by atoms with E-state index in [0.29, 0.717) is 29.9 Å². The molecule has 0 amide bonds. The summed E-state index contributed by atoms with van der Waals surface area (Å²) >= 11 is 3.57. The van der Waals surface area contributed by atoms with E-state index in [9.17, 15) is 0 Å². The van der Waals surface area contributed by atoms with Gasteiger partial charge in [-0.25, -0.2) is 0 Å². The van der Waals surface area contributed by atoms with E-state index in [-0.39, 0.29) is 0 Å². The number of aromatic nitrogens is 3. The molecule has 2 aromatic rings. The number of likely N-dealkylation sites (N-methyl/N-ethyl adjacent to an activating group) is 1. The van der Waals surface area contributed by atoms with Gasteiger partial charge < -0.3 is 20.7 Å². The number of likely N-dealkylation sites (tertiary alicyclic amines) is 1. The molecule has 4 rings (SSSR count). The van der Waals surface area contributed by atoms with Gasteiger partial charge in [0.25, 0.3) is 0 Å². The lowest BCUT2D eigenvalue weighted by atomic mass is 10.1. The molecule has 8 nitrogen and oxygen atoms in total. The monoisotopic (exact) mass is 545 g/mol. The molecule has 1 aliphatic carbocycles. The Morgan fingerprint density at radius 2 is 1.71 bits per heavy atom. The van der Waals surface area contributed by atoms with E-state index < -0.39 is 0 Å². The summed E-state index contributed by atoms with van der Waals surface area (Å²) < 4.78 is 6.30. The smallest absolute Gasteiger partial charge is 0.229 e. The maximum Gasteiger partial charge on any atom is 0.229 e. The number of hydrogen-bond acceptors (Lipinski definition) is 8. The molecule has 1 aliphatic heterocycles. The minimum Gasteiger partial charge on any atom is -0.496 e. The number of hydrogen-bond donors (Lipinski definition) is 3. The van der Waals surface area contributed by atoms with Crippen LogP contribution in [0.2, 0.25) is 0 Å². The summed E-state index contributed by atoms with van der Waals surface area (Å²) in [5, 5.41) is 10.5. The van der Waals surface area contributed by atoms with Crippen molar-refractivity contribution in [3.63, 3.8) is 0 Å². The van der Waals surface area contributed by atoms with Crippen molar-refractivity contribution >= 4 is 33.8 Å². The SMILES string of the molecule is CCN1CCCC1CNc1nc(NCCc2ccc(OC)c(Br)c2)nc(NC2CCCCCC2)n1. The highest BCUT2D eigenvalue weighted by atomic mass is 79.9. The number of nitrogens with one attached hydrogen (secondary N) is 3. The molecular formula is C26H40BrN7O. The Hall–Kier alpha value is -2.13. The van der Waals surface area contributed by atoms with Gasteiger partial charge in [0, 0.05) is 25.2 Å². The van der Waals surface area contributed by atoms with Gasteiger partial charge in [0.2, 0.25) is 17.8 Å². The van der Waals surface area contributed by atoms with Crippen molar-refractivity contribution in [2.75, 3.05) is 49.2 Å². The number of benzene rings is 1. The Balaban J connectivity index is 1.41. The van der Waals surface area contributed by atoms with Gasteiger partial charge >= 0.3 is 0 Å². The average molecular weight is 547 g/mol. The maximum atomic E-state index is 5.34. The lowest BCUT2D eigenvalue weighted by Crippen LogP contribution is -2.35. The van der Waals surface area contributed by atoms with Gasteiger partial charge in [-0.3, -0.25) is 4.90 Å². The molecule has 2 aliphatic rings. The molecule has 1 unspecified atom stereocenters. The molecule has 1 saturated carbocycles. The van der Waals surface area contributed by atoms with E-state index in [1.54, 1.807) is 7.11 Å². The largest absolute Gasteiger partial charge is 0.496 e. The minimum absolute atomic E-state index is 0.433. The first kappa shape index (κ1) is 25.9. The lowest BCUT2D eigenvalue weighted by molar-refractivity contribution is 0.277. The second-order valence-corrected chi connectivity index (χ2v) is 10.4. The molecule has 1 aromatic carbocycles. The first-order chi connectivity index (χ1) is 17.1. The average Bonchev–Trinajstić information content (AvgIpc) is 3.17. The summed E-state index contributed by atoms with van der Waals surface area (Å²) in [6.07, 6.45) is 10.9. The summed E-state index contributed by atoms with van der Waals surface area (Å²) in [7, 11) is 1.68. The predicted octanol–water partition coefficient (Wildman–Crippen LogP) is 5.33. The van der Waals surface area contributed by atoms with Crippen molar-refractivity contribution in [3.05, 3.63) is 28.2 Å². The van der Waals surface area contributed by atoms with Gasteiger partial charge in [0.1, 0.15) is 5.75 Å². The Labute approximate surface area is 218 Å². The fraction of sp³-hybridized carbons (Fsp3) is 0.654. The Kier molecular flexibility index (Phi) is 9.83. The molecule has 2 heterocycles. The predicted molar refractivity (Wildman–Crippen MR) is 147 cm³/mol. The van der Waals surface area contributed by atoms with Crippen LogP contribution in [0.25, 0.3) is 0 Å². The van der Waals surface area contributed by atoms with Crippen LogP contribution in [0.4, 0.5) is 17.8 Å². The van der Waals surface area contributed by atoms with Crippen LogP contribution in [0.5, 0.6) is 5.75 Å². The molecule has 0 radical (unpaired) electrons. The third-order valence-corrected chi connectivity index (χ3v) is 7.76. The van der Waals surface area contributed by atoms with Crippen LogP contribution >= 0.6 is 15.9 Å². The minimum atomic E-state index is 0.433. The number of rotatable bonds is 11. The highest BCUT2D eigenvalue weighted by molar-refractivity contribution is 9.10. The Bertz CT molecular complexity index is 936. The van der Waals surface area contributed by atoms with Crippen LogP contribution in [0.3, 0.4) is 0 Å². The second kappa shape index (κ2) is 13.3. The molecule has 192 valence electrons. The number of ether oxygens (including phenoxy) is 1. The van der Waals surface area contributed by atoms with Crippen molar-refractivity contribution in [1.29, 1.82) is 0 Å². The molecule has 9 heteroatoms. The molecule has 3 N–H and O–H groups in total. The van der Waals surface area contributed by atoms with Crippen molar-refractivity contribution in [2.45, 2.75) is 76.8 Å². The van der Waals surface area contributed by atoms with E-state index in [1.165, 1.54) is 63.5 Å². The topological polar surface area (TPSA) is 87.2 Å². The maximum absolute atomic E-state index is 5.34. The molecule has 1 atom stereocenters. The summed E-state index contributed by atoms with van der Waals surface area (Å²) in [5.74, 6) is 2.77. The lowest BCUT2D eigenvalue weighted by Gasteiger charge is -2.23. The zero-order valence-electron chi connectivity index (χ0n) is 21.2. The highest BCUT2D eigenvalue weighted by Gasteiger charge is 2.23. The first-order valence-corrected chi connectivity index (χ1v) is 14.0. The van der Waals surface area contributed by atoms with Crippen LogP contribution in [0.1, 0.15) is 63.9 Å². The van der Waals surface area contributed by atoms with E-state index in [0.717, 1.165) is 36.3 Å². The van der Waals surface area contributed by atoms with Crippen LogP contribution in [-0.2, 0) is 6.42 Å². The summed E-state index contributed by atoms with van der Waals surface area (Å²) in [6.45, 7) is 6.10. The van der Waals surface area contributed by atoms with E-state index in [1.807, 2.05) is 6.07 Å². The van der Waals surface area contributed by atoms with Gasteiger partial charge in [0.15, 0.2) is 0 Å². The molecule has 2 fully saturated rings.